The molecular weight excluding hydrogens is 512 g/mol. The number of nitrogens with one attached hydrogen (secondary N) is 1. The third kappa shape index (κ3) is 5.93. The van der Waals surface area contributed by atoms with E-state index in [4.69, 9.17) is 0 Å². The number of anilines is 3. The van der Waals surface area contributed by atoms with E-state index in [-0.39, 0.29) is 22.2 Å². The number of aromatic nitrogens is 2. The second kappa shape index (κ2) is 10.5. The van der Waals surface area contributed by atoms with Crippen molar-refractivity contribution in [3.8, 4) is 11.3 Å². The van der Waals surface area contributed by atoms with E-state index < -0.39 is 15.4 Å². The molecule has 4 rings (SSSR count). The van der Waals surface area contributed by atoms with Crippen LogP contribution in [0.1, 0.15) is 36.7 Å². The van der Waals surface area contributed by atoms with Gasteiger partial charge >= 0.3 is 0 Å². The standard InChI is InChI=1S/C30H32N4O4S/c1-20-24(13-10-14-26(20)34(30(2,3)4)28(35)21-11-8-7-9-12-21)25-19-33(5)29(36)27(32-25)31-22-15-17-23(18-16-22)39(6,37)38/h7-19H,1-6H3,(H,31,32). The largest absolute Gasteiger partial charge is 0.336 e. The van der Waals surface area contributed by atoms with E-state index in [0.29, 0.717) is 16.9 Å². The fourth-order valence-corrected chi connectivity index (χ4v) is 5.00. The summed E-state index contributed by atoms with van der Waals surface area (Å²) >= 11 is 0. The average molecular weight is 545 g/mol. The summed E-state index contributed by atoms with van der Waals surface area (Å²) in [5.74, 6) is -0.0170. The van der Waals surface area contributed by atoms with E-state index in [0.717, 1.165) is 23.1 Å². The molecule has 1 amide bonds. The predicted molar refractivity (Wildman–Crippen MR) is 155 cm³/mol. The number of benzene rings is 3. The average Bonchev–Trinajstić information content (AvgIpc) is 2.87. The summed E-state index contributed by atoms with van der Waals surface area (Å²) in [4.78, 5) is 33.2. The van der Waals surface area contributed by atoms with Crippen LogP contribution in [0.2, 0.25) is 0 Å². The number of nitrogens with zero attached hydrogens (tertiary/aromatic N) is 3. The molecule has 0 bridgehead atoms. The molecule has 8 nitrogen and oxygen atoms in total. The zero-order valence-corrected chi connectivity index (χ0v) is 23.7. The zero-order chi connectivity index (χ0) is 28.5. The van der Waals surface area contributed by atoms with Gasteiger partial charge in [-0.05, 0) is 75.7 Å². The lowest BCUT2D eigenvalue weighted by molar-refractivity contribution is 0.0965. The Bertz CT molecular complexity index is 1690. The minimum absolute atomic E-state index is 0.0972. The number of aryl methyl sites for hydroxylation is 1. The van der Waals surface area contributed by atoms with Gasteiger partial charge in [-0.25, -0.2) is 13.4 Å². The number of sulfone groups is 1. The molecule has 3 aromatic carbocycles. The number of amides is 1. The first-order valence-corrected chi connectivity index (χ1v) is 14.3. The van der Waals surface area contributed by atoms with Crippen LogP contribution in [-0.4, -0.2) is 35.7 Å². The minimum Gasteiger partial charge on any atom is -0.336 e. The molecule has 0 aliphatic carbocycles. The molecule has 9 heteroatoms. The first kappa shape index (κ1) is 27.8. The lowest BCUT2D eigenvalue weighted by atomic mass is 9.97. The van der Waals surface area contributed by atoms with Crippen molar-refractivity contribution in [2.24, 2.45) is 7.05 Å². The Labute approximate surface area is 228 Å². The molecule has 4 aromatic rings. The van der Waals surface area contributed by atoms with Crippen molar-refractivity contribution >= 4 is 32.9 Å². The van der Waals surface area contributed by atoms with Gasteiger partial charge in [0.25, 0.3) is 11.5 Å². The Balaban J connectivity index is 1.77. The molecule has 0 atom stereocenters. The van der Waals surface area contributed by atoms with Crippen molar-refractivity contribution in [2.75, 3.05) is 16.5 Å². The Hall–Kier alpha value is -4.24. The van der Waals surface area contributed by atoms with Gasteiger partial charge in [-0.3, -0.25) is 9.59 Å². The molecule has 0 aliphatic rings. The van der Waals surface area contributed by atoms with Gasteiger partial charge in [-0.1, -0.05) is 30.3 Å². The second-order valence-corrected chi connectivity index (χ2v) is 12.5. The highest BCUT2D eigenvalue weighted by Gasteiger charge is 2.30. The van der Waals surface area contributed by atoms with Crippen LogP contribution in [0.5, 0.6) is 0 Å². The number of carbonyl (C=O) groups is 1. The lowest BCUT2D eigenvalue weighted by Gasteiger charge is -2.37. The molecule has 0 aliphatic heterocycles. The minimum atomic E-state index is -3.34. The van der Waals surface area contributed by atoms with Gasteiger partial charge in [0.2, 0.25) is 0 Å². The van der Waals surface area contributed by atoms with Crippen molar-refractivity contribution in [1.29, 1.82) is 0 Å². The van der Waals surface area contributed by atoms with Crippen LogP contribution in [0, 0.1) is 6.92 Å². The highest BCUT2D eigenvalue weighted by Crippen LogP contribution is 2.34. The van der Waals surface area contributed by atoms with Gasteiger partial charge in [0.05, 0.1) is 10.6 Å². The molecule has 39 heavy (non-hydrogen) atoms. The van der Waals surface area contributed by atoms with E-state index in [1.54, 1.807) is 42.4 Å². The summed E-state index contributed by atoms with van der Waals surface area (Å²) in [6.07, 6.45) is 2.80. The number of carbonyl (C=O) groups excluding carboxylic acids is 1. The van der Waals surface area contributed by atoms with Crippen molar-refractivity contribution in [1.82, 2.24) is 9.55 Å². The summed E-state index contributed by atoms with van der Waals surface area (Å²) in [5.41, 5.74) is 3.17. The zero-order valence-electron chi connectivity index (χ0n) is 22.9. The van der Waals surface area contributed by atoms with Crippen molar-refractivity contribution < 1.29 is 13.2 Å². The smallest absolute Gasteiger partial charge is 0.293 e. The predicted octanol–water partition coefficient (Wildman–Crippen LogP) is 5.35. The molecule has 1 heterocycles. The van der Waals surface area contributed by atoms with Crippen LogP contribution in [0.15, 0.2) is 88.7 Å². The molecule has 0 spiro atoms. The van der Waals surface area contributed by atoms with Gasteiger partial charge in [0.1, 0.15) is 0 Å². The quantitative estimate of drug-likeness (QED) is 0.351. The fraction of sp³-hybridized carbons (Fsp3) is 0.233. The topological polar surface area (TPSA) is 101 Å². The van der Waals surface area contributed by atoms with Crippen LogP contribution < -0.4 is 15.8 Å². The number of rotatable bonds is 6. The molecule has 0 unspecified atom stereocenters. The van der Waals surface area contributed by atoms with Gasteiger partial charge < -0.3 is 14.8 Å². The van der Waals surface area contributed by atoms with Crippen LogP contribution in [0.3, 0.4) is 0 Å². The van der Waals surface area contributed by atoms with Crippen molar-refractivity contribution in [3.63, 3.8) is 0 Å². The Kier molecular flexibility index (Phi) is 7.48. The van der Waals surface area contributed by atoms with Crippen LogP contribution >= 0.6 is 0 Å². The second-order valence-electron chi connectivity index (χ2n) is 10.4. The van der Waals surface area contributed by atoms with E-state index in [2.05, 4.69) is 10.3 Å². The van der Waals surface area contributed by atoms with Crippen molar-refractivity contribution in [3.05, 3.63) is 100 Å². The van der Waals surface area contributed by atoms with E-state index >= 15 is 0 Å². The maximum Gasteiger partial charge on any atom is 0.293 e. The number of hydrogen-bond donors (Lipinski definition) is 1. The van der Waals surface area contributed by atoms with Crippen LogP contribution in [0.25, 0.3) is 11.3 Å². The SMILES string of the molecule is Cc1c(-c2cn(C)c(=O)c(Nc3ccc(S(C)(=O)=O)cc3)n2)cccc1N(C(=O)c1ccccc1)C(C)(C)C. The lowest BCUT2D eigenvalue weighted by Crippen LogP contribution is -2.46. The first-order valence-electron chi connectivity index (χ1n) is 12.4. The molecule has 0 saturated carbocycles. The Morgan fingerprint density at radius 2 is 1.59 bits per heavy atom. The summed E-state index contributed by atoms with van der Waals surface area (Å²) in [6, 6.07) is 21.0. The van der Waals surface area contributed by atoms with E-state index in [1.165, 1.54) is 16.7 Å². The monoisotopic (exact) mass is 544 g/mol. The summed E-state index contributed by atoms with van der Waals surface area (Å²) in [7, 11) is -1.69. The molecule has 1 aromatic heterocycles. The Morgan fingerprint density at radius 3 is 2.18 bits per heavy atom. The van der Waals surface area contributed by atoms with Crippen LogP contribution in [0.4, 0.5) is 17.2 Å². The maximum atomic E-state index is 13.7. The summed E-state index contributed by atoms with van der Waals surface area (Å²) < 4.78 is 25.0. The normalized spacial score (nSPS) is 11.7. The van der Waals surface area contributed by atoms with Crippen molar-refractivity contribution in [2.45, 2.75) is 38.1 Å². The molecule has 1 N–H and O–H groups in total. The van der Waals surface area contributed by atoms with Gasteiger partial charge in [-0.15, -0.1) is 0 Å². The first-order chi connectivity index (χ1) is 18.3. The molecule has 202 valence electrons. The highest BCUT2D eigenvalue weighted by molar-refractivity contribution is 7.90. The van der Waals surface area contributed by atoms with Gasteiger partial charge in [-0.2, -0.15) is 0 Å². The van der Waals surface area contributed by atoms with E-state index in [9.17, 15) is 18.0 Å². The molecular formula is C30H32N4O4S. The summed E-state index contributed by atoms with van der Waals surface area (Å²) in [5, 5.41) is 3.02. The van der Waals surface area contributed by atoms with Gasteiger partial charge in [0.15, 0.2) is 15.7 Å². The third-order valence-electron chi connectivity index (χ3n) is 6.33. The molecule has 0 fully saturated rings. The molecule has 0 saturated heterocycles. The third-order valence-corrected chi connectivity index (χ3v) is 7.46. The highest BCUT2D eigenvalue weighted by atomic mass is 32.2. The number of hydrogen-bond acceptors (Lipinski definition) is 6. The fourth-order valence-electron chi connectivity index (χ4n) is 4.37. The summed E-state index contributed by atoms with van der Waals surface area (Å²) in [6.45, 7) is 7.90. The Morgan fingerprint density at radius 1 is 0.949 bits per heavy atom. The van der Waals surface area contributed by atoms with Crippen LogP contribution in [-0.2, 0) is 16.9 Å². The maximum absolute atomic E-state index is 13.7. The van der Waals surface area contributed by atoms with Gasteiger partial charge in [0, 0.05) is 47.5 Å². The molecule has 0 radical (unpaired) electrons. The van der Waals surface area contributed by atoms with E-state index in [1.807, 2.05) is 64.1 Å².